The number of nitrogens with zero attached hydrogens (tertiary/aromatic N) is 1. The second-order valence-electron chi connectivity index (χ2n) is 4.60. The van der Waals surface area contributed by atoms with E-state index in [4.69, 9.17) is 28.6 Å². The molecular weight excluding hydrogens is 268 g/mol. The van der Waals surface area contributed by atoms with Gasteiger partial charge in [0.1, 0.15) is 0 Å². The maximum absolute atomic E-state index is 5.94. The molecule has 1 aliphatic rings. The molecule has 1 fully saturated rings. The van der Waals surface area contributed by atoms with E-state index >= 15 is 0 Å². The molecule has 5 heteroatoms. The van der Waals surface area contributed by atoms with Crippen molar-refractivity contribution >= 4 is 34.6 Å². The first-order chi connectivity index (χ1) is 8.54. The monoisotopic (exact) mass is 284 g/mol. The molecular formula is C13H17ClN2OS. The van der Waals surface area contributed by atoms with Gasteiger partial charge in [-0.15, -0.1) is 0 Å². The number of nitrogens with one attached hydrogen (secondary N) is 1. The quantitative estimate of drug-likeness (QED) is 0.801. The van der Waals surface area contributed by atoms with Gasteiger partial charge in [-0.05, 0) is 44.3 Å². The minimum absolute atomic E-state index is 0.202. The van der Waals surface area contributed by atoms with Gasteiger partial charge in [0, 0.05) is 23.8 Å². The third kappa shape index (κ3) is 3.57. The standard InChI is InChI=1S/C13H17ClN2OS/c1-9-7-16(8-10(2)17-9)13(18)15-12-5-3-4-11(14)6-12/h3-6,9-10H,7-8H2,1-2H3,(H,15,18)/t9-,10+. The lowest BCUT2D eigenvalue weighted by Gasteiger charge is -2.36. The van der Waals surface area contributed by atoms with Crippen LogP contribution in [0.3, 0.4) is 0 Å². The van der Waals surface area contributed by atoms with Crippen LogP contribution in [0.2, 0.25) is 5.02 Å². The number of morpholine rings is 1. The molecule has 0 spiro atoms. The molecule has 1 aromatic rings. The van der Waals surface area contributed by atoms with Gasteiger partial charge >= 0.3 is 0 Å². The summed E-state index contributed by atoms with van der Waals surface area (Å²) in [6.07, 6.45) is 0.403. The summed E-state index contributed by atoms with van der Waals surface area (Å²) >= 11 is 11.4. The summed E-state index contributed by atoms with van der Waals surface area (Å²) in [5, 5.41) is 4.63. The Morgan fingerprint density at radius 3 is 2.67 bits per heavy atom. The Labute approximate surface area is 118 Å². The molecule has 1 saturated heterocycles. The lowest BCUT2D eigenvalue weighted by Crippen LogP contribution is -2.49. The Bertz CT molecular complexity index is 431. The van der Waals surface area contributed by atoms with E-state index in [1.54, 1.807) is 0 Å². The highest BCUT2D eigenvalue weighted by Crippen LogP contribution is 2.17. The van der Waals surface area contributed by atoms with Crippen molar-refractivity contribution in [2.75, 3.05) is 18.4 Å². The maximum atomic E-state index is 5.94. The second kappa shape index (κ2) is 5.87. The van der Waals surface area contributed by atoms with Crippen LogP contribution in [0.5, 0.6) is 0 Å². The summed E-state index contributed by atoms with van der Waals surface area (Å²) in [5.74, 6) is 0. The molecule has 0 aromatic heterocycles. The van der Waals surface area contributed by atoms with Crippen molar-refractivity contribution in [2.24, 2.45) is 0 Å². The lowest BCUT2D eigenvalue weighted by molar-refractivity contribution is -0.0473. The van der Waals surface area contributed by atoms with Gasteiger partial charge in [-0.3, -0.25) is 0 Å². The molecule has 0 amide bonds. The van der Waals surface area contributed by atoms with Crippen LogP contribution >= 0.6 is 23.8 Å². The van der Waals surface area contributed by atoms with E-state index in [0.717, 1.165) is 23.9 Å². The van der Waals surface area contributed by atoms with Crippen LogP contribution in [0, 0.1) is 0 Å². The SMILES string of the molecule is C[C@@H]1CN(C(=S)Nc2cccc(Cl)c2)C[C@H](C)O1. The van der Waals surface area contributed by atoms with E-state index < -0.39 is 0 Å². The highest BCUT2D eigenvalue weighted by Gasteiger charge is 2.23. The fraction of sp³-hybridized carbons (Fsp3) is 0.462. The first-order valence-electron chi connectivity index (χ1n) is 6.01. The molecule has 0 radical (unpaired) electrons. The van der Waals surface area contributed by atoms with E-state index in [0.29, 0.717) is 5.02 Å². The largest absolute Gasteiger partial charge is 0.372 e. The highest BCUT2D eigenvalue weighted by molar-refractivity contribution is 7.80. The van der Waals surface area contributed by atoms with Crippen molar-refractivity contribution in [2.45, 2.75) is 26.1 Å². The molecule has 0 bridgehead atoms. The summed E-state index contributed by atoms with van der Waals surface area (Å²) in [5.41, 5.74) is 0.916. The number of hydrogen-bond acceptors (Lipinski definition) is 2. The average molecular weight is 285 g/mol. The Balaban J connectivity index is 1.99. The fourth-order valence-corrected chi connectivity index (χ4v) is 2.57. The molecule has 0 aliphatic carbocycles. The number of rotatable bonds is 1. The molecule has 2 atom stereocenters. The third-order valence-corrected chi connectivity index (χ3v) is 3.38. The summed E-state index contributed by atoms with van der Waals surface area (Å²) < 4.78 is 5.69. The van der Waals surface area contributed by atoms with E-state index in [-0.39, 0.29) is 12.2 Å². The van der Waals surface area contributed by atoms with Gasteiger partial charge < -0.3 is 15.0 Å². The Morgan fingerprint density at radius 2 is 2.06 bits per heavy atom. The van der Waals surface area contributed by atoms with Crippen LogP contribution in [-0.4, -0.2) is 35.3 Å². The zero-order chi connectivity index (χ0) is 13.1. The van der Waals surface area contributed by atoms with Crippen LogP contribution in [-0.2, 0) is 4.74 Å². The van der Waals surface area contributed by atoms with E-state index in [1.807, 2.05) is 24.3 Å². The van der Waals surface area contributed by atoms with Gasteiger partial charge in [-0.1, -0.05) is 17.7 Å². The molecule has 1 aromatic carbocycles. The second-order valence-corrected chi connectivity index (χ2v) is 5.43. The highest BCUT2D eigenvalue weighted by atomic mass is 35.5. The van der Waals surface area contributed by atoms with E-state index in [2.05, 4.69) is 24.1 Å². The smallest absolute Gasteiger partial charge is 0.173 e. The minimum atomic E-state index is 0.202. The molecule has 2 rings (SSSR count). The fourth-order valence-electron chi connectivity index (χ4n) is 2.11. The van der Waals surface area contributed by atoms with Gasteiger partial charge in [0.25, 0.3) is 0 Å². The maximum Gasteiger partial charge on any atom is 0.173 e. The van der Waals surface area contributed by atoms with Crippen LogP contribution in [0.25, 0.3) is 0 Å². The van der Waals surface area contributed by atoms with Crippen molar-refractivity contribution in [1.82, 2.24) is 4.90 Å². The Morgan fingerprint density at radius 1 is 1.39 bits per heavy atom. The number of thiocarbonyl (C=S) groups is 1. The third-order valence-electron chi connectivity index (χ3n) is 2.78. The van der Waals surface area contributed by atoms with E-state index in [9.17, 15) is 0 Å². The van der Waals surface area contributed by atoms with Crippen molar-refractivity contribution in [1.29, 1.82) is 0 Å². The predicted molar refractivity (Wildman–Crippen MR) is 79.3 cm³/mol. The molecule has 1 N–H and O–H groups in total. The molecule has 3 nitrogen and oxygen atoms in total. The number of halogens is 1. The summed E-state index contributed by atoms with van der Waals surface area (Å²) in [6, 6.07) is 7.55. The Hall–Kier alpha value is -0.840. The average Bonchev–Trinajstić information content (AvgIpc) is 2.27. The first kappa shape index (κ1) is 13.6. The van der Waals surface area contributed by atoms with Crippen molar-refractivity contribution in [3.8, 4) is 0 Å². The zero-order valence-electron chi connectivity index (χ0n) is 10.5. The van der Waals surface area contributed by atoms with Crippen LogP contribution in [0.4, 0.5) is 5.69 Å². The topological polar surface area (TPSA) is 24.5 Å². The molecule has 98 valence electrons. The summed E-state index contributed by atoms with van der Waals surface area (Å²) in [7, 11) is 0. The zero-order valence-corrected chi connectivity index (χ0v) is 12.1. The van der Waals surface area contributed by atoms with E-state index in [1.165, 1.54) is 0 Å². The van der Waals surface area contributed by atoms with Crippen LogP contribution in [0.1, 0.15) is 13.8 Å². The number of benzene rings is 1. The molecule has 0 saturated carbocycles. The normalized spacial score (nSPS) is 23.8. The molecule has 1 heterocycles. The van der Waals surface area contributed by atoms with Crippen molar-refractivity contribution in [3.63, 3.8) is 0 Å². The Kier molecular flexibility index (Phi) is 4.43. The van der Waals surface area contributed by atoms with Gasteiger partial charge in [0.2, 0.25) is 0 Å². The lowest BCUT2D eigenvalue weighted by atomic mass is 10.2. The van der Waals surface area contributed by atoms with Crippen LogP contribution < -0.4 is 5.32 Å². The summed E-state index contributed by atoms with van der Waals surface area (Å²) in [4.78, 5) is 2.13. The first-order valence-corrected chi connectivity index (χ1v) is 6.80. The molecule has 18 heavy (non-hydrogen) atoms. The van der Waals surface area contributed by atoms with Gasteiger partial charge in [-0.2, -0.15) is 0 Å². The minimum Gasteiger partial charge on any atom is -0.372 e. The number of hydrogen-bond donors (Lipinski definition) is 1. The van der Waals surface area contributed by atoms with Gasteiger partial charge in [0.05, 0.1) is 12.2 Å². The van der Waals surface area contributed by atoms with Crippen molar-refractivity contribution in [3.05, 3.63) is 29.3 Å². The van der Waals surface area contributed by atoms with Crippen molar-refractivity contribution < 1.29 is 4.74 Å². The molecule has 1 aliphatic heterocycles. The number of anilines is 1. The van der Waals surface area contributed by atoms with Gasteiger partial charge in [0.15, 0.2) is 5.11 Å². The number of ether oxygens (including phenoxy) is 1. The summed E-state index contributed by atoms with van der Waals surface area (Å²) in [6.45, 7) is 5.75. The van der Waals surface area contributed by atoms with Crippen LogP contribution in [0.15, 0.2) is 24.3 Å². The molecule has 0 unspecified atom stereocenters. The van der Waals surface area contributed by atoms with Gasteiger partial charge in [-0.25, -0.2) is 0 Å². The predicted octanol–water partition coefficient (Wildman–Crippen LogP) is 3.15.